The third kappa shape index (κ3) is 4.39. The Morgan fingerprint density at radius 3 is 2.25 bits per heavy atom. The van der Waals surface area contributed by atoms with Crippen LogP contribution in [0.2, 0.25) is 0 Å². The number of hydrogen-bond donors (Lipinski definition) is 1. The predicted octanol–water partition coefficient (Wildman–Crippen LogP) is 3.35. The molecule has 0 bridgehead atoms. The lowest BCUT2D eigenvalue weighted by Crippen LogP contribution is -2.32. The summed E-state index contributed by atoms with van der Waals surface area (Å²) in [4.78, 5) is 36.2. The smallest absolute Gasteiger partial charge is 0.336 e. The maximum atomic E-state index is 12.8. The van der Waals surface area contributed by atoms with Crippen molar-refractivity contribution in [1.82, 2.24) is 5.32 Å². The molecule has 0 spiro atoms. The zero-order valence-electron chi connectivity index (χ0n) is 16.4. The molecular weight excluding hydrogens is 364 g/mol. The minimum Gasteiger partial charge on any atom is -0.463 e. The number of benzene rings is 1. The van der Waals surface area contributed by atoms with Crippen LogP contribution in [0.3, 0.4) is 0 Å². The lowest BCUT2D eigenvalue weighted by molar-refractivity contribution is -0.384. The highest BCUT2D eigenvalue weighted by atomic mass is 16.6. The first-order valence-corrected chi connectivity index (χ1v) is 9.08. The van der Waals surface area contributed by atoms with Crippen LogP contribution in [-0.4, -0.2) is 30.1 Å². The Labute approximate surface area is 163 Å². The van der Waals surface area contributed by atoms with E-state index in [0.29, 0.717) is 23.4 Å². The molecule has 28 heavy (non-hydrogen) atoms. The van der Waals surface area contributed by atoms with Gasteiger partial charge in [-0.05, 0) is 32.8 Å². The van der Waals surface area contributed by atoms with Gasteiger partial charge in [-0.25, -0.2) is 9.59 Å². The number of dihydropyridines is 1. The van der Waals surface area contributed by atoms with E-state index < -0.39 is 22.8 Å². The Hall–Kier alpha value is -3.16. The van der Waals surface area contributed by atoms with Crippen LogP contribution in [0.25, 0.3) is 0 Å². The molecule has 2 rings (SSSR count). The number of carbonyl (C=O) groups excluding carboxylic acids is 2. The van der Waals surface area contributed by atoms with Crippen molar-refractivity contribution in [3.8, 4) is 0 Å². The summed E-state index contributed by atoms with van der Waals surface area (Å²) in [6.07, 6.45) is 0.645. The zero-order chi connectivity index (χ0) is 20.8. The fourth-order valence-electron chi connectivity index (χ4n) is 3.17. The Balaban J connectivity index is 2.65. The average molecular weight is 388 g/mol. The van der Waals surface area contributed by atoms with Gasteiger partial charge in [0.25, 0.3) is 5.69 Å². The first-order chi connectivity index (χ1) is 13.3. The lowest BCUT2D eigenvalue weighted by Gasteiger charge is -2.30. The minimum atomic E-state index is -0.829. The summed E-state index contributed by atoms with van der Waals surface area (Å²) in [7, 11) is 0. The fourth-order valence-corrected chi connectivity index (χ4v) is 3.17. The number of nitro benzene ring substituents is 1. The first-order valence-electron chi connectivity index (χ1n) is 9.08. The Kier molecular flexibility index (Phi) is 6.92. The monoisotopic (exact) mass is 388 g/mol. The zero-order valence-corrected chi connectivity index (χ0v) is 16.4. The maximum Gasteiger partial charge on any atom is 0.336 e. The number of ether oxygens (including phenoxy) is 2. The molecule has 1 N–H and O–H groups in total. The second-order valence-electron chi connectivity index (χ2n) is 6.34. The van der Waals surface area contributed by atoms with Gasteiger partial charge in [0.1, 0.15) is 0 Å². The third-order valence-corrected chi connectivity index (χ3v) is 4.33. The number of nitro groups is 1. The van der Waals surface area contributed by atoms with Crippen LogP contribution in [-0.2, 0) is 19.1 Å². The maximum absolute atomic E-state index is 12.8. The molecular formula is C20H24N2O6. The summed E-state index contributed by atoms with van der Waals surface area (Å²) in [5.74, 6) is -1.99. The van der Waals surface area contributed by atoms with E-state index in [2.05, 4.69) is 5.32 Å². The minimum absolute atomic E-state index is 0.129. The van der Waals surface area contributed by atoms with Gasteiger partial charge in [-0.3, -0.25) is 10.1 Å². The van der Waals surface area contributed by atoms with Crippen LogP contribution in [0.15, 0.2) is 46.8 Å². The molecule has 0 saturated heterocycles. The number of hydrogen-bond acceptors (Lipinski definition) is 7. The summed E-state index contributed by atoms with van der Waals surface area (Å²) in [6, 6.07) is 5.90. The Morgan fingerprint density at radius 2 is 1.71 bits per heavy atom. The van der Waals surface area contributed by atoms with E-state index in [1.54, 1.807) is 26.8 Å². The van der Waals surface area contributed by atoms with Crippen molar-refractivity contribution in [3.05, 3.63) is 62.5 Å². The van der Waals surface area contributed by atoms with Crippen LogP contribution >= 0.6 is 0 Å². The van der Waals surface area contributed by atoms with Gasteiger partial charge in [0, 0.05) is 23.5 Å². The van der Waals surface area contributed by atoms with Gasteiger partial charge in [-0.2, -0.15) is 0 Å². The molecule has 150 valence electrons. The summed E-state index contributed by atoms with van der Waals surface area (Å²) >= 11 is 0. The second-order valence-corrected chi connectivity index (χ2v) is 6.34. The van der Waals surface area contributed by atoms with E-state index in [4.69, 9.17) is 9.47 Å². The van der Waals surface area contributed by atoms with Gasteiger partial charge >= 0.3 is 11.9 Å². The summed E-state index contributed by atoms with van der Waals surface area (Å²) < 4.78 is 10.5. The summed E-state index contributed by atoms with van der Waals surface area (Å²) in [5, 5.41) is 14.3. The van der Waals surface area contributed by atoms with E-state index in [0.717, 1.165) is 0 Å². The molecule has 0 aromatic heterocycles. The number of allylic oxidation sites excluding steroid dienone is 2. The fraction of sp³-hybridized carbons (Fsp3) is 0.400. The van der Waals surface area contributed by atoms with E-state index >= 15 is 0 Å². The molecule has 1 unspecified atom stereocenters. The largest absolute Gasteiger partial charge is 0.463 e. The summed E-state index contributed by atoms with van der Waals surface area (Å²) in [6.45, 7) is 7.36. The van der Waals surface area contributed by atoms with Crippen LogP contribution < -0.4 is 5.32 Å². The number of non-ortho nitro benzene ring substituents is 1. The third-order valence-electron chi connectivity index (χ3n) is 4.33. The van der Waals surface area contributed by atoms with Crippen LogP contribution in [0.1, 0.15) is 45.6 Å². The molecule has 1 aromatic carbocycles. The van der Waals surface area contributed by atoms with E-state index in [1.807, 2.05) is 6.92 Å². The number of carbonyl (C=O) groups is 2. The first kappa shape index (κ1) is 21.1. The molecule has 8 heteroatoms. The average Bonchev–Trinajstić information content (AvgIpc) is 2.65. The summed E-state index contributed by atoms with van der Waals surface area (Å²) in [5.41, 5.74) is 1.85. The van der Waals surface area contributed by atoms with Gasteiger partial charge in [-0.1, -0.05) is 19.1 Å². The van der Waals surface area contributed by atoms with Gasteiger partial charge in [-0.15, -0.1) is 0 Å². The van der Waals surface area contributed by atoms with Gasteiger partial charge in [0.05, 0.1) is 35.2 Å². The number of nitrogens with zero attached hydrogens (tertiary/aromatic N) is 1. The van der Waals surface area contributed by atoms with Crippen LogP contribution in [0.5, 0.6) is 0 Å². The van der Waals surface area contributed by atoms with E-state index in [9.17, 15) is 19.7 Å². The van der Waals surface area contributed by atoms with Crippen molar-refractivity contribution in [3.63, 3.8) is 0 Å². The molecule has 0 aliphatic carbocycles. The SMILES string of the molecule is CCCOC(=O)C1=C(C)NC(C)=C(C(=O)OCC)C1c1cccc([N+](=O)[O-])c1. The van der Waals surface area contributed by atoms with Crippen molar-refractivity contribution in [2.45, 2.75) is 40.0 Å². The molecule has 0 saturated carbocycles. The van der Waals surface area contributed by atoms with Gasteiger partial charge in [0.2, 0.25) is 0 Å². The van der Waals surface area contributed by atoms with Gasteiger partial charge in [0.15, 0.2) is 0 Å². The van der Waals surface area contributed by atoms with Gasteiger partial charge < -0.3 is 14.8 Å². The van der Waals surface area contributed by atoms with Crippen molar-refractivity contribution >= 4 is 17.6 Å². The van der Waals surface area contributed by atoms with Crippen LogP contribution in [0, 0.1) is 10.1 Å². The molecule has 1 aliphatic rings. The lowest BCUT2D eigenvalue weighted by atomic mass is 9.80. The van der Waals surface area contributed by atoms with E-state index in [-0.39, 0.29) is 30.0 Å². The number of esters is 2. The van der Waals surface area contributed by atoms with E-state index in [1.165, 1.54) is 18.2 Å². The molecule has 0 radical (unpaired) electrons. The topological polar surface area (TPSA) is 108 Å². The quantitative estimate of drug-likeness (QED) is 0.433. The van der Waals surface area contributed by atoms with Crippen molar-refractivity contribution < 1.29 is 24.0 Å². The van der Waals surface area contributed by atoms with Crippen molar-refractivity contribution in [2.24, 2.45) is 0 Å². The van der Waals surface area contributed by atoms with Crippen molar-refractivity contribution in [1.29, 1.82) is 0 Å². The molecule has 1 aliphatic heterocycles. The highest BCUT2D eigenvalue weighted by Crippen LogP contribution is 2.40. The van der Waals surface area contributed by atoms with Crippen molar-refractivity contribution in [2.75, 3.05) is 13.2 Å². The normalized spacial score (nSPS) is 16.5. The molecule has 1 heterocycles. The highest BCUT2D eigenvalue weighted by molar-refractivity contribution is 5.99. The highest BCUT2D eigenvalue weighted by Gasteiger charge is 2.38. The predicted molar refractivity (Wildman–Crippen MR) is 102 cm³/mol. The molecule has 8 nitrogen and oxygen atoms in total. The molecule has 0 fully saturated rings. The molecule has 1 aromatic rings. The number of rotatable bonds is 7. The van der Waals surface area contributed by atoms with Crippen LogP contribution in [0.4, 0.5) is 5.69 Å². The Bertz CT molecular complexity index is 856. The second kappa shape index (κ2) is 9.16. The molecule has 0 amide bonds. The number of nitrogens with one attached hydrogen (secondary N) is 1. The standard InChI is InChI=1S/C20H24N2O6/c1-5-10-28-20(24)17-13(4)21-12(3)16(19(23)27-6-2)18(17)14-8-7-9-15(11-14)22(25)26/h7-9,11,18,21H,5-6,10H2,1-4H3. The Morgan fingerprint density at radius 1 is 1.11 bits per heavy atom. The molecule has 1 atom stereocenters.